The van der Waals surface area contributed by atoms with Gasteiger partial charge in [0.2, 0.25) is 0 Å². The van der Waals surface area contributed by atoms with E-state index in [0.29, 0.717) is 18.4 Å². The Morgan fingerprint density at radius 3 is 2.29 bits per heavy atom. The summed E-state index contributed by atoms with van der Waals surface area (Å²) in [5.41, 5.74) is 0.588. The van der Waals surface area contributed by atoms with Crippen LogP contribution in [0.25, 0.3) is 0 Å². The fourth-order valence-corrected chi connectivity index (χ4v) is 7.42. The number of ether oxygens (including phenoxy) is 1. The van der Waals surface area contributed by atoms with Crippen LogP contribution in [0.5, 0.6) is 0 Å². The highest BCUT2D eigenvalue weighted by Gasteiger charge is 2.58. The Labute approximate surface area is 167 Å². The maximum atomic E-state index is 12.5. The van der Waals surface area contributed by atoms with Crippen LogP contribution in [0.3, 0.4) is 0 Å². The lowest BCUT2D eigenvalue weighted by atomic mass is 9.44. The van der Waals surface area contributed by atoms with Crippen molar-refractivity contribution in [3.8, 4) is 0 Å². The number of benzene rings is 1. The Hall–Kier alpha value is -1.66. The molecule has 4 aliphatic rings. The van der Waals surface area contributed by atoms with E-state index in [9.17, 15) is 13.2 Å². The second-order valence-corrected chi connectivity index (χ2v) is 10.9. The Kier molecular flexibility index (Phi) is 5.12. The molecule has 0 N–H and O–H groups in total. The molecule has 4 aliphatic carbocycles. The maximum absolute atomic E-state index is 12.5. The predicted molar refractivity (Wildman–Crippen MR) is 106 cm³/mol. The first-order valence-electron chi connectivity index (χ1n) is 10.0. The Morgan fingerprint density at radius 1 is 1.07 bits per heavy atom. The zero-order chi connectivity index (χ0) is 19.8. The van der Waals surface area contributed by atoms with Gasteiger partial charge in [0.05, 0.1) is 13.2 Å². The lowest BCUT2D eigenvalue weighted by molar-refractivity contribution is -0.164. The van der Waals surface area contributed by atoms with Crippen molar-refractivity contribution in [1.29, 1.82) is 0 Å². The summed E-state index contributed by atoms with van der Waals surface area (Å²) in [5.74, 6) is 0.665. The van der Waals surface area contributed by atoms with Gasteiger partial charge in [0.1, 0.15) is 5.75 Å². The fourth-order valence-electron chi connectivity index (χ4n) is 6.31. The van der Waals surface area contributed by atoms with Crippen molar-refractivity contribution in [3.05, 3.63) is 48.6 Å². The zero-order valence-electron chi connectivity index (χ0n) is 16.1. The molecule has 28 heavy (non-hydrogen) atoms. The van der Waals surface area contributed by atoms with Gasteiger partial charge in [-0.3, -0.25) is 4.18 Å². The van der Waals surface area contributed by atoms with E-state index in [1.807, 2.05) is 18.2 Å². The normalized spacial score (nSPS) is 33.6. The molecule has 0 aliphatic heterocycles. The second-order valence-electron chi connectivity index (χ2n) is 9.22. The zero-order valence-corrected chi connectivity index (χ0v) is 17.0. The minimum Gasteiger partial charge on any atom is -0.462 e. The van der Waals surface area contributed by atoms with Crippen molar-refractivity contribution in [2.75, 3.05) is 13.2 Å². The summed E-state index contributed by atoms with van der Waals surface area (Å²) in [6.45, 7) is 4.12. The largest absolute Gasteiger partial charge is 0.462 e. The quantitative estimate of drug-likeness (QED) is 0.374. The van der Waals surface area contributed by atoms with Crippen molar-refractivity contribution in [3.63, 3.8) is 0 Å². The van der Waals surface area contributed by atoms with E-state index >= 15 is 0 Å². The van der Waals surface area contributed by atoms with E-state index in [1.165, 1.54) is 12.5 Å². The molecule has 2 atom stereocenters. The molecule has 5 nitrogen and oxygen atoms in total. The molecule has 4 bridgehead atoms. The number of carbonyl (C=O) groups excluding carboxylic acids is 1. The van der Waals surface area contributed by atoms with Crippen LogP contribution in [0, 0.1) is 22.7 Å². The van der Waals surface area contributed by atoms with Crippen LogP contribution >= 0.6 is 0 Å². The summed E-state index contributed by atoms with van der Waals surface area (Å²) in [6, 6.07) is 9.13. The number of rotatable bonds is 8. The van der Waals surface area contributed by atoms with Crippen LogP contribution in [0.2, 0.25) is 0 Å². The highest BCUT2D eigenvalue weighted by atomic mass is 32.2. The van der Waals surface area contributed by atoms with Gasteiger partial charge in [-0.15, -0.1) is 0 Å². The van der Waals surface area contributed by atoms with Gasteiger partial charge in [-0.25, -0.2) is 4.79 Å². The van der Waals surface area contributed by atoms with Crippen molar-refractivity contribution >= 4 is 16.1 Å². The SMILES string of the molecule is C=CC(=O)OCC12CC3CC(C1)CC(COS(=O)(=O)Cc1ccccc1)(C3)C2. The summed E-state index contributed by atoms with van der Waals surface area (Å²) >= 11 is 0. The van der Waals surface area contributed by atoms with Gasteiger partial charge in [-0.2, -0.15) is 8.42 Å². The van der Waals surface area contributed by atoms with E-state index in [2.05, 4.69) is 6.58 Å². The molecule has 5 rings (SSSR count). The van der Waals surface area contributed by atoms with Crippen molar-refractivity contribution in [2.45, 2.75) is 44.3 Å². The third kappa shape index (κ3) is 4.18. The molecule has 0 aromatic heterocycles. The molecule has 152 valence electrons. The van der Waals surface area contributed by atoms with Gasteiger partial charge < -0.3 is 4.74 Å². The van der Waals surface area contributed by atoms with Crippen molar-refractivity contribution in [2.24, 2.45) is 22.7 Å². The summed E-state index contributed by atoms with van der Waals surface area (Å²) in [5, 5.41) is 0. The smallest absolute Gasteiger partial charge is 0.330 e. The third-order valence-corrected chi connectivity index (χ3v) is 7.89. The third-order valence-electron chi connectivity index (χ3n) is 6.72. The summed E-state index contributed by atoms with van der Waals surface area (Å²) in [4.78, 5) is 11.6. The van der Waals surface area contributed by atoms with Gasteiger partial charge in [0, 0.05) is 11.5 Å². The Balaban J connectivity index is 1.44. The molecule has 6 heteroatoms. The molecular weight excluding hydrogens is 376 g/mol. The highest BCUT2D eigenvalue weighted by molar-refractivity contribution is 7.85. The van der Waals surface area contributed by atoms with E-state index in [-0.39, 0.29) is 29.2 Å². The van der Waals surface area contributed by atoms with E-state index in [4.69, 9.17) is 8.92 Å². The average Bonchev–Trinajstić information content (AvgIpc) is 2.64. The Bertz CT molecular complexity index is 831. The van der Waals surface area contributed by atoms with Gasteiger partial charge in [-0.1, -0.05) is 36.9 Å². The van der Waals surface area contributed by atoms with Crippen LogP contribution in [0.4, 0.5) is 0 Å². The van der Waals surface area contributed by atoms with Crippen LogP contribution in [0.15, 0.2) is 43.0 Å². The molecule has 0 amide bonds. The van der Waals surface area contributed by atoms with Crippen LogP contribution in [-0.2, 0) is 29.6 Å². The van der Waals surface area contributed by atoms with Gasteiger partial charge >= 0.3 is 5.97 Å². The van der Waals surface area contributed by atoms with Gasteiger partial charge in [-0.05, 0) is 61.3 Å². The first-order chi connectivity index (χ1) is 13.3. The van der Waals surface area contributed by atoms with Crippen LogP contribution in [0.1, 0.15) is 44.1 Å². The molecule has 1 aromatic carbocycles. The van der Waals surface area contributed by atoms with Crippen LogP contribution in [-0.4, -0.2) is 27.6 Å². The van der Waals surface area contributed by atoms with Crippen molar-refractivity contribution < 1.29 is 22.1 Å². The van der Waals surface area contributed by atoms with E-state index < -0.39 is 10.1 Å². The standard InChI is InChI=1S/C22H28O5S/c1-2-20(23)26-15-21-9-18-8-19(10-21)12-22(11-18,14-21)16-27-28(24,25)13-17-6-4-3-5-7-17/h2-7,18-19H,1,8-16H2. The molecule has 1 aromatic rings. The molecular formula is C22H28O5S. The minimum atomic E-state index is -3.63. The van der Waals surface area contributed by atoms with Gasteiger partial charge in [0.25, 0.3) is 10.1 Å². The summed E-state index contributed by atoms with van der Waals surface area (Å²) < 4.78 is 36.0. The Morgan fingerprint density at radius 2 is 1.68 bits per heavy atom. The topological polar surface area (TPSA) is 69.7 Å². The summed E-state index contributed by atoms with van der Waals surface area (Å²) in [7, 11) is -3.63. The molecule has 0 radical (unpaired) electrons. The second kappa shape index (κ2) is 7.30. The molecule has 4 saturated carbocycles. The number of carbonyl (C=O) groups is 1. The number of hydrogen-bond acceptors (Lipinski definition) is 5. The molecule has 0 spiro atoms. The fraction of sp³-hybridized carbons (Fsp3) is 0.591. The lowest BCUT2D eigenvalue weighted by Crippen LogP contribution is -2.55. The average molecular weight is 405 g/mol. The van der Waals surface area contributed by atoms with E-state index in [0.717, 1.165) is 37.7 Å². The van der Waals surface area contributed by atoms with Gasteiger partial charge in [0.15, 0.2) is 0 Å². The minimum absolute atomic E-state index is 0.0324. The number of esters is 1. The van der Waals surface area contributed by atoms with E-state index in [1.54, 1.807) is 12.1 Å². The molecule has 4 fully saturated rings. The van der Waals surface area contributed by atoms with Crippen LogP contribution < -0.4 is 0 Å². The molecule has 0 saturated heterocycles. The maximum Gasteiger partial charge on any atom is 0.330 e. The first-order valence-corrected chi connectivity index (χ1v) is 11.6. The first kappa shape index (κ1) is 19.6. The number of hydrogen-bond donors (Lipinski definition) is 0. The molecule has 2 unspecified atom stereocenters. The predicted octanol–water partition coefficient (Wildman–Crippen LogP) is 3.85. The molecule has 0 heterocycles. The highest BCUT2D eigenvalue weighted by Crippen LogP contribution is 2.65. The lowest BCUT2D eigenvalue weighted by Gasteiger charge is -2.61. The van der Waals surface area contributed by atoms with Crippen molar-refractivity contribution in [1.82, 2.24) is 0 Å². The summed E-state index contributed by atoms with van der Waals surface area (Å²) in [6.07, 6.45) is 7.44. The monoisotopic (exact) mass is 404 g/mol.